The fourth-order valence-electron chi connectivity index (χ4n) is 2.24. The second kappa shape index (κ2) is 7.88. The van der Waals surface area contributed by atoms with Crippen LogP contribution in [-0.2, 0) is 4.79 Å². The van der Waals surface area contributed by atoms with E-state index in [1.54, 1.807) is 0 Å². The van der Waals surface area contributed by atoms with Gasteiger partial charge in [-0.25, -0.2) is 0 Å². The SMILES string of the molecule is CC.O=C(CCO)N1CCC(c2ccccc2)C1. The minimum absolute atomic E-state index is 0.0503. The summed E-state index contributed by atoms with van der Waals surface area (Å²) in [7, 11) is 0. The molecular formula is C15H23NO2. The first kappa shape index (κ1) is 14.7. The van der Waals surface area contributed by atoms with E-state index in [0.717, 1.165) is 19.5 Å². The number of hydrogen-bond acceptors (Lipinski definition) is 2. The molecule has 1 saturated heterocycles. The molecule has 1 N–H and O–H groups in total. The van der Waals surface area contributed by atoms with E-state index in [1.807, 2.05) is 36.9 Å². The quantitative estimate of drug-likeness (QED) is 0.893. The minimum Gasteiger partial charge on any atom is -0.396 e. The Morgan fingerprint density at radius 3 is 2.61 bits per heavy atom. The van der Waals surface area contributed by atoms with Crippen molar-refractivity contribution in [1.29, 1.82) is 0 Å². The van der Waals surface area contributed by atoms with Gasteiger partial charge in [-0.2, -0.15) is 0 Å². The standard InChI is InChI=1S/C13H17NO2.C2H6/c15-9-7-13(16)14-8-6-12(10-14)11-4-2-1-3-5-11;1-2/h1-5,12,15H,6-10H2;1-2H3. The molecule has 1 aliphatic heterocycles. The lowest BCUT2D eigenvalue weighted by molar-refractivity contribution is -0.130. The minimum atomic E-state index is -0.0503. The molecule has 1 aromatic rings. The third-order valence-electron chi connectivity index (χ3n) is 3.14. The molecule has 0 aromatic heterocycles. The highest BCUT2D eigenvalue weighted by Crippen LogP contribution is 2.27. The van der Waals surface area contributed by atoms with Crippen LogP contribution in [0.1, 0.15) is 38.2 Å². The van der Waals surface area contributed by atoms with Crippen molar-refractivity contribution in [2.75, 3.05) is 19.7 Å². The summed E-state index contributed by atoms with van der Waals surface area (Å²) in [5.74, 6) is 0.532. The average Bonchev–Trinajstić information content (AvgIpc) is 2.92. The highest BCUT2D eigenvalue weighted by atomic mass is 16.3. The molecule has 1 fully saturated rings. The number of likely N-dealkylation sites (tertiary alicyclic amines) is 1. The first-order chi connectivity index (χ1) is 8.81. The number of rotatable bonds is 3. The van der Waals surface area contributed by atoms with Crippen LogP contribution in [0.3, 0.4) is 0 Å². The van der Waals surface area contributed by atoms with E-state index >= 15 is 0 Å². The molecule has 1 aromatic carbocycles. The Bertz CT molecular complexity index is 351. The van der Waals surface area contributed by atoms with E-state index in [2.05, 4.69) is 12.1 Å². The van der Waals surface area contributed by atoms with Gasteiger partial charge in [-0.05, 0) is 12.0 Å². The lowest BCUT2D eigenvalue weighted by atomic mass is 9.99. The molecule has 1 aliphatic rings. The van der Waals surface area contributed by atoms with Crippen LogP contribution in [0.5, 0.6) is 0 Å². The molecule has 0 bridgehead atoms. The molecule has 3 heteroatoms. The fraction of sp³-hybridized carbons (Fsp3) is 0.533. The number of carbonyl (C=O) groups is 1. The molecule has 2 rings (SSSR count). The van der Waals surface area contributed by atoms with Gasteiger partial charge in [0.05, 0.1) is 6.61 Å². The van der Waals surface area contributed by atoms with Gasteiger partial charge in [-0.3, -0.25) is 4.79 Å². The van der Waals surface area contributed by atoms with Gasteiger partial charge in [0.2, 0.25) is 5.91 Å². The Hall–Kier alpha value is -1.35. The molecule has 0 spiro atoms. The van der Waals surface area contributed by atoms with Gasteiger partial charge in [0.15, 0.2) is 0 Å². The van der Waals surface area contributed by atoms with Crippen LogP contribution in [-0.4, -0.2) is 35.6 Å². The number of amides is 1. The molecular weight excluding hydrogens is 226 g/mol. The van der Waals surface area contributed by atoms with Crippen molar-refractivity contribution in [3.63, 3.8) is 0 Å². The molecule has 0 radical (unpaired) electrons. The van der Waals surface area contributed by atoms with Gasteiger partial charge in [-0.15, -0.1) is 0 Å². The summed E-state index contributed by atoms with van der Waals surface area (Å²) in [6.07, 6.45) is 1.28. The lowest BCUT2D eigenvalue weighted by Crippen LogP contribution is -2.28. The largest absolute Gasteiger partial charge is 0.396 e. The molecule has 1 atom stereocenters. The normalized spacial score (nSPS) is 18.2. The van der Waals surface area contributed by atoms with E-state index < -0.39 is 0 Å². The van der Waals surface area contributed by atoms with Crippen LogP contribution in [0, 0.1) is 0 Å². The van der Waals surface area contributed by atoms with E-state index in [9.17, 15) is 4.79 Å². The predicted molar refractivity (Wildman–Crippen MR) is 73.4 cm³/mol. The monoisotopic (exact) mass is 249 g/mol. The zero-order valence-corrected chi connectivity index (χ0v) is 11.3. The molecule has 0 aliphatic carbocycles. The Balaban J connectivity index is 0.000000771. The molecule has 0 saturated carbocycles. The topological polar surface area (TPSA) is 40.5 Å². The summed E-state index contributed by atoms with van der Waals surface area (Å²) < 4.78 is 0. The van der Waals surface area contributed by atoms with Gasteiger partial charge >= 0.3 is 0 Å². The zero-order chi connectivity index (χ0) is 13.4. The lowest BCUT2D eigenvalue weighted by Gasteiger charge is -2.16. The number of aliphatic hydroxyl groups excluding tert-OH is 1. The van der Waals surface area contributed by atoms with Gasteiger partial charge in [-0.1, -0.05) is 44.2 Å². The van der Waals surface area contributed by atoms with E-state index in [1.165, 1.54) is 5.56 Å². The van der Waals surface area contributed by atoms with Crippen LogP contribution < -0.4 is 0 Å². The summed E-state index contributed by atoms with van der Waals surface area (Å²) in [5, 5.41) is 8.73. The van der Waals surface area contributed by atoms with Crippen LogP contribution >= 0.6 is 0 Å². The smallest absolute Gasteiger partial charge is 0.224 e. The summed E-state index contributed by atoms with van der Waals surface area (Å²) in [6, 6.07) is 10.3. The number of hydrogen-bond donors (Lipinski definition) is 1. The Labute approximate surface area is 109 Å². The van der Waals surface area contributed by atoms with Crippen LogP contribution in [0.2, 0.25) is 0 Å². The molecule has 18 heavy (non-hydrogen) atoms. The summed E-state index contributed by atoms with van der Waals surface area (Å²) in [6.45, 7) is 5.56. The highest BCUT2D eigenvalue weighted by molar-refractivity contribution is 5.76. The Kier molecular flexibility index (Phi) is 6.44. The van der Waals surface area contributed by atoms with Gasteiger partial charge in [0, 0.05) is 25.4 Å². The second-order valence-electron chi connectivity index (χ2n) is 4.21. The third-order valence-corrected chi connectivity index (χ3v) is 3.14. The summed E-state index contributed by atoms with van der Waals surface area (Å²) in [5.41, 5.74) is 1.31. The van der Waals surface area contributed by atoms with Crippen molar-refractivity contribution >= 4 is 5.91 Å². The van der Waals surface area contributed by atoms with Crippen molar-refractivity contribution in [2.45, 2.75) is 32.6 Å². The fourth-order valence-corrected chi connectivity index (χ4v) is 2.24. The van der Waals surface area contributed by atoms with E-state index in [-0.39, 0.29) is 18.9 Å². The Morgan fingerprint density at radius 1 is 1.33 bits per heavy atom. The second-order valence-corrected chi connectivity index (χ2v) is 4.21. The van der Waals surface area contributed by atoms with Crippen molar-refractivity contribution < 1.29 is 9.90 Å². The predicted octanol–water partition coefficient (Wildman–Crippen LogP) is 2.41. The summed E-state index contributed by atoms with van der Waals surface area (Å²) in [4.78, 5) is 13.4. The first-order valence-electron chi connectivity index (χ1n) is 6.75. The molecule has 100 valence electrons. The zero-order valence-electron chi connectivity index (χ0n) is 11.3. The maximum Gasteiger partial charge on any atom is 0.224 e. The molecule has 1 amide bonds. The average molecular weight is 249 g/mol. The van der Waals surface area contributed by atoms with E-state index in [0.29, 0.717) is 5.92 Å². The number of nitrogens with zero attached hydrogens (tertiary/aromatic N) is 1. The third kappa shape index (κ3) is 3.84. The number of aliphatic hydroxyl groups is 1. The number of carbonyl (C=O) groups excluding carboxylic acids is 1. The highest BCUT2D eigenvalue weighted by Gasteiger charge is 2.26. The van der Waals surface area contributed by atoms with Crippen LogP contribution in [0.25, 0.3) is 0 Å². The van der Waals surface area contributed by atoms with Gasteiger partial charge < -0.3 is 10.0 Å². The van der Waals surface area contributed by atoms with Gasteiger partial charge in [0.25, 0.3) is 0 Å². The van der Waals surface area contributed by atoms with Crippen LogP contribution in [0.15, 0.2) is 30.3 Å². The van der Waals surface area contributed by atoms with E-state index in [4.69, 9.17) is 5.11 Å². The first-order valence-corrected chi connectivity index (χ1v) is 6.75. The Morgan fingerprint density at radius 2 is 2.00 bits per heavy atom. The van der Waals surface area contributed by atoms with Crippen molar-refractivity contribution in [3.05, 3.63) is 35.9 Å². The molecule has 1 unspecified atom stereocenters. The summed E-state index contributed by atoms with van der Waals surface area (Å²) >= 11 is 0. The maximum absolute atomic E-state index is 11.6. The maximum atomic E-state index is 11.6. The van der Waals surface area contributed by atoms with Crippen LogP contribution in [0.4, 0.5) is 0 Å². The van der Waals surface area contributed by atoms with Crippen molar-refractivity contribution in [2.24, 2.45) is 0 Å². The number of benzene rings is 1. The molecule has 1 heterocycles. The van der Waals surface area contributed by atoms with Gasteiger partial charge in [0.1, 0.15) is 0 Å². The molecule has 3 nitrogen and oxygen atoms in total. The van der Waals surface area contributed by atoms with Crippen molar-refractivity contribution in [1.82, 2.24) is 4.90 Å². The van der Waals surface area contributed by atoms with Crippen molar-refractivity contribution in [3.8, 4) is 0 Å².